The van der Waals surface area contributed by atoms with Gasteiger partial charge in [-0.05, 0) is 30.7 Å². The topological polar surface area (TPSA) is 118 Å². The third kappa shape index (κ3) is 4.45. The number of rotatable bonds is 5. The van der Waals surface area contributed by atoms with E-state index in [0.29, 0.717) is 29.9 Å². The first kappa shape index (κ1) is 21.5. The largest absolute Gasteiger partial charge is 0.363 e. The lowest BCUT2D eigenvalue weighted by Crippen LogP contribution is -2.46. The number of hydrogen-bond acceptors (Lipinski definition) is 9. The van der Waals surface area contributed by atoms with Gasteiger partial charge in [-0.3, -0.25) is 15.4 Å². The van der Waals surface area contributed by atoms with Crippen molar-refractivity contribution in [1.82, 2.24) is 24.2 Å². The molecule has 11 heteroatoms. The van der Waals surface area contributed by atoms with E-state index in [4.69, 9.17) is 5.41 Å². The van der Waals surface area contributed by atoms with Gasteiger partial charge in [0, 0.05) is 43.3 Å². The molecule has 0 radical (unpaired) electrons. The van der Waals surface area contributed by atoms with Crippen LogP contribution in [0.15, 0.2) is 36.9 Å². The van der Waals surface area contributed by atoms with Crippen molar-refractivity contribution in [2.75, 3.05) is 29.9 Å². The maximum atomic E-state index is 15.0. The zero-order valence-corrected chi connectivity index (χ0v) is 18.1. The summed E-state index contributed by atoms with van der Waals surface area (Å²) in [5, 5.41) is 20.5. The van der Waals surface area contributed by atoms with Crippen LogP contribution < -0.4 is 10.2 Å². The Hall–Kier alpha value is -3.78. The van der Waals surface area contributed by atoms with E-state index in [1.807, 2.05) is 13.0 Å². The maximum absolute atomic E-state index is 15.0. The number of piperazine rings is 1. The summed E-state index contributed by atoms with van der Waals surface area (Å²) < 4.78 is 16.6. The van der Waals surface area contributed by atoms with E-state index < -0.39 is 5.82 Å². The molecule has 0 saturated carbocycles. The molecule has 1 aliphatic heterocycles. The molecule has 0 atom stereocenters. The molecule has 1 fully saturated rings. The fraction of sp³-hybridized carbons (Fsp3) is 0.238. The number of anilines is 2. The van der Waals surface area contributed by atoms with Gasteiger partial charge in [-0.1, -0.05) is 12.8 Å². The number of pyridine rings is 2. The summed E-state index contributed by atoms with van der Waals surface area (Å²) in [6, 6.07) is 7.57. The van der Waals surface area contributed by atoms with Crippen LogP contribution in [0.4, 0.5) is 16.0 Å². The molecular weight excluding hydrogens is 429 g/mol. The van der Waals surface area contributed by atoms with Crippen molar-refractivity contribution >= 4 is 30.3 Å². The van der Waals surface area contributed by atoms with Crippen LogP contribution in [0.1, 0.15) is 16.8 Å². The van der Waals surface area contributed by atoms with Crippen LogP contribution in [0.3, 0.4) is 0 Å². The van der Waals surface area contributed by atoms with Crippen LogP contribution in [-0.2, 0) is 6.54 Å². The minimum absolute atomic E-state index is 0.0437. The zero-order chi connectivity index (χ0) is 22.7. The highest BCUT2D eigenvalue weighted by Gasteiger charge is 2.24. The van der Waals surface area contributed by atoms with Gasteiger partial charge >= 0.3 is 0 Å². The monoisotopic (exact) mass is 449 g/mol. The highest BCUT2D eigenvalue weighted by molar-refractivity contribution is 7.78. The smallest absolute Gasteiger partial charge is 0.207 e. The molecule has 2 N–H and O–H groups in total. The highest BCUT2D eigenvalue weighted by atomic mass is 32.1. The zero-order valence-electron chi connectivity index (χ0n) is 17.2. The maximum Gasteiger partial charge on any atom is 0.207 e. The molecule has 3 aromatic heterocycles. The Labute approximate surface area is 190 Å². The van der Waals surface area contributed by atoms with E-state index in [9.17, 15) is 5.26 Å². The summed E-state index contributed by atoms with van der Waals surface area (Å²) in [4.78, 5) is 18.3. The van der Waals surface area contributed by atoms with Crippen LogP contribution in [0.2, 0.25) is 0 Å². The lowest BCUT2D eigenvalue weighted by molar-refractivity contribution is 0.569. The van der Waals surface area contributed by atoms with Crippen molar-refractivity contribution in [3.05, 3.63) is 59.6 Å². The standard InChI is InChI=1S/C21H20FN9S/c1-13-6-15(2-3-25-13)19-16(8-23)7-14(9-26-19)10-27-20-18(22)21(29-12-28-20)30-4-5-31(32)17(24)11-30/h2-3,6-7,9,12,24,32H,4-5,10-11H2,1H3,(H,27,28,29). The number of nitriles is 1. The Morgan fingerprint density at radius 1 is 1.25 bits per heavy atom. The molecule has 0 aliphatic carbocycles. The average molecular weight is 450 g/mol. The van der Waals surface area contributed by atoms with Gasteiger partial charge in [0.05, 0.1) is 17.8 Å². The molecular formula is C21H20FN9S. The molecule has 32 heavy (non-hydrogen) atoms. The number of hydrogen-bond donors (Lipinski definition) is 3. The minimum Gasteiger partial charge on any atom is -0.363 e. The fourth-order valence-electron chi connectivity index (χ4n) is 3.38. The lowest BCUT2D eigenvalue weighted by atomic mass is 10.1. The molecule has 4 heterocycles. The molecule has 1 aliphatic rings. The molecule has 9 nitrogen and oxygen atoms in total. The van der Waals surface area contributed by atoms with Gasteiger partial charge in [-0.2, -0.15) is 9.65 Å². The van der Waals surface area contributed by atoms with E-state index in [1.54, 1.807) is 29.4 Å². The highest BCUT2D eigenvalue weighted by Crippen LogP contribution is 2.25. The summed E-state index contributed by atoms with van der Waals surface area (Å²) in [6.45, 7) is 3.29. The van der Waals surface area contributed by atoms with Gasteiger partial charge in [0.1, 0.15) is 18.2 Å². The summed E-state index contributed by atoms with van der Waals surface area (Å²) in [5.41, 5.74) is 3.35. The fourth-order valence-corrected chi connectivity index (χ4v) is 3.53. The molecule has 0 amide bonds. The molecule has 0 unspecified atom stereocenters. The number of nitrogens with one attached hydrogen (secondary N) is 2. The Morgan fingerprint density at radius 3 is 2.84 bits per heavy atom. The number of aromatic nitrogens is 4. The second kappa shape index (κ2) is 9.15. The van der Waals surface area contributed by atoms with Gasteiger partial charge < -0.3 is 14.5 Å². The predicted octanol–water partition coefficient (Wildman–Crippen LogP) is 2.81. The van der Waals surface area contributed by atoms with Gasteiger partial charge in [0.25, 0.3) is 0 Å². The molecule has 4 rings (SSSR count). The number of halogens is 1. The first-order valence-corrected chi connectivity index (χ1v) is 10.2. The van der Waals surface area contributed by atoms with Crippen LogP contribution in [0.5, 0.6) is 0 Å². The van der Waals surface area contributed by atoms with Crippen LogP contribution >= 0.6 is 12.8 Å². The van der Waals surface area contributed by atoms with Crippen molar-refractivity contribution in [2.24, 2.45) is 0 Å². The van der Waals surface area contributed by atoms with Gasteiger partial charge in [0.2, 0.25) is 5.82 Å². The third-order valence-electron chi connectivity index (χ3n) is 5.00. The van der Waals surface area contributed by atoms with Gasteiger partial charge in [-0.15, -0.1) is 0 Å². The van der Waals surface area contributed by atoms with Crippen molar-refractivity contribution in [3.63, 3.8) is 0 Å². The second-order valence-electron chi connectivity index (χ2n) is 7.24. The molecule has 0 spiro atoms. The van der Waals surface area contributed by atoms with Crippen molar-refractivity contribution < 1.29 is 4.39 Å². The van der Waals surface area contributed by atoms with Crippen LogP contribution in [-0.4, -0.2) is 49.7 Å². The third-order valence-corrected chi connectivity index (χ3v) is 5.44. The number of aryl methyl sites for hydroxylation is 1. The van der Waals surface area contributed by atoms with E-state index in [2.05, 4.69) is 44.1 Å². The van der Waals surface area contributed by atoms with Crippen molar-refractivity contribution in [2.45, 2.75) is 13.5 Å². The minimum atomic E-state index is -0.592. The lowest BCUT2D eigenvalue weighted by Gasteiger charge is -2.33. The molecule has 3 aromatic rings. The Bertz CT molecular complexity index is 1210. The SMILES string of the molecule is Cc1cc(-c2ncc(CNc3ncnc(N4CCN(S)C(=N)C4)c3F)cc2C#N)ccn1. The number of thiol groups is 1. The normalized spacial score (nSPS) is 13.8. The second-order valence-corrected chi connectivity index (χ2v) is 7.73. The first-order chi connectivity index (χ1) is 15.5. The Kier molecular flexibility index (Phi) is 6.13. The Morgan fingerprint density at radius 2 is 2.09 bits per heavy atom. The summed E-state index contributed by atoms with van der Waals surface area (Å²) in [7, 11) is 0. The first-order valence-electron chi connectivity index (χ1n) is 9.81. The average Bonchev–Trinajstić information content (AvgIpc) is 2.80. The Balaban J connectivity index is 1.52. The number of nitrogens with zero attached hydrogens (tertiary/aromatic N) is 7. The van der Waals surface area contributed by atoms with Crippen LogP contribution in [0, 0.1) is 29.5 Å². The van der Waals surface area contributed by atoms with Crippen molar-refractivity contribution in [3.8, 4) is 17.3 Å². The van der Waals surface area contributed by atoms with Crippen molar-refractivity contribution in [1.29, 1.82) is 10.7 Å². The van der Waals surface area contributed by atoms with E-state index in [-0.39, 0.29) is 30.6 Å². The van der Waals surface area contributed by atoms with Crippen LogP contribution in [0.25, 0.3) is 11.3 Å². The molecule has 1 saturated heterocycles. The summed E-state index contributed by atoms with van der Waals surface area (Å²) in [5.74, 6) is -0.146. The summed E-state index contributed by atoms with van der Waals surface area (Å²) in [6.07, 6.45) is 4.60. The van der Waals surface area contributed by atoms with E-state index in [1.165, 1.54) is 10.6 Å². The molecule has 0 bridgehead atoms. The number of amidine groups is 1. The van der Waals surface area contributed by atoms with Gasteiger partial charge in [-0.25, -0.2) is 9.97 Å². The van der Waals surface area contributed by atoms with Gasteiger partial charge in [0.15, 0.2) is 11.6 Å². The molecule has 0 aromatic carbocycles. The molecule has 162 valence electrons. The quantitative estimate of drug-likeness (QED) is 0.509. The van der Waals surface area contributed by atoms with E-state index >= 15 is 4.39 Å². The predicted molar refractivity (Wildman–Crippen MR) is 122 cm³/mol. The van der Waals surface area contributed by atoms with E-state index in [0.717, 1.165) is 11.3 Å². The summed E-state index contributed by atoms with van der Waals surface area (Å²) >= 11 is 4.19.